The molecule has 1 saturated carbocycles. The molecule has 1 heterocycles. The molecule has 1 aromatic carbocycles. The van der Waals surface area contributed by atoms with Crippen molar-refractivity contribution in [1.29, 1.82) is 0 Å². The molecule has 0 aromatic heterocycles. The van der Waals surface area contributed by atoms with E-state index in [9.17, 15) is 22.8 Å². The van der Waals surface area contributed by atoms with Crippen molar-refractivity contribution >= 4 is 11.9 Å². The molecule has 1 aliphatic heterocycles. The van der Waals surface area contributed by atoms with Crippen LogP contribution in [0.1, 0.15) is 24.0 Å². The summed E-state index contributed by atoms with van der Waals surface area (Å²) in [7, 11) is 0. The van der Waals surface area contributed by atoms with Gasteiger partial charge in [0.2, 0.25) is 5.91 Å². The van der Waals surface area contributed by atoms with Crippen LogP contribution in [0.4, 0.5) is 13.2 Å². The fraction of sp³-hybridized carbons (Fsp3) is 0.500. The zero-order chi connectivity index (χ0) is 17.5. The monoisotopic (exact) mass is 343 g/mol. The minimum Gasteiger partial charge on any atom is -0.479 e. The third kappa shape index (κ3) is 2.98. The van der Waals surface area contributed by atoms with Crippen molar-refractivity contribution in [2.45, 2.75) is 30.5 Å². The number of carboxylic acids is 1. The second-order valence-corrected chi connectivity index (χ2v) is 6.11. The van der Waals surface area contributed by atoms with Crippen molar-refractivity contribution in [3.05, 3.63) is 35.4 Å². The maximum atomic E-state index is 12.9. The van der Waals surface area contributed by atoms with Crippen molar-refractivity contribution in [1.82, 2.24) is 4.90 Å². The molecule has 0 radical (unpaired) electrons. The quantitative estimate of drug-likeness (QED) is 0.912. The van der Waals surface area contributed by atoms with Crippen molar-refractivity contribution in [2.24, 2.45) is 0 Å². The topological polar surface area (TPSA) is 66.8 Å². The predicted molar refractivity (Wildman–Crippen MR) is 76.3 cm³/mol. The Morgan fingerprint density at radius 3 is 2.58 bits per heavy atom. The molecular formula is C16H16F3NO4. The summed E-state index contributed by atoms with van der Waals surface area (Å²) in [5.74, 6) is -1.48. The number of nitrogens with zero attached hydrogens (tertiary/aromatic N) is 1. The molecule has 1 saturated heterocycles. The van der Waals surface area contributed by atoms with Crippen LogP contribution in [-0.2, 0) is 25.9 Å². The lowest BCUT2D eigenvalue weighted by molar-refractivity contribution is -0.160. The molecule has 0 spiro atoms. The van der Waals surface area contributed by atoms with Gasteiger partial charge in [0.05, 0.1) is 24.1 Å². The second-order valence-electron chi connectivity index (χ2n) is 6.11. The number of benzene rings is 1. The van der Waals surface area contributed by atoms with Gasteiger partial charge in [0.1, 0.15) is 0 Å². The lowest BCUT2D eigenvalue weighted by atomic mass is 9.92. The lowest BCUT2D eigenvalue weighted by Gasteiger charge is -2.33. The van der Waals surface area contributed by atoms with E-state index < -0.39 is 29.2 Å². The van der Waals surface area contributed by atoms with Gasteiger partial charge in [-0.3, -0.25) is 4.79 Å². The summed E-state index contributed by atoms with van der Waals surface area (Å²) in [5, 5.41) is 9.01. The Labute approximate surface area is 136 Å². The highest BCUT2D eigenvalue weighted by Gasteiger charge is 2.54. The first kappa shape index (κ1) is 16.8. The number of rotatable bonds is 3. The van der Waals surface area contributed by atoms with Crippen LogP contribution < -0.4 is 0 Å². The van der Waals surface area contributed by atoms with E-state index in [2.05, 4.69) is 0 Å². The minimum atomic E-state index is -4.47. The smallest absolute Gasteiger partial charge is 0.416 e. The SMILES string of the molecule is O=C(O)C1CN(C(=O)C2(c3cccc(C(F)(F)F)c3)CC2)CCO1. The number of halogens is 3. The molecule has 0 bridgehead atoms. The predicted octanol–water partition coefficient (Wildman–Crippen LogP) is 2.05. The Bertz CT molecular complexity index is 670. The zero-order valence-electron chi connectivity index (χ0n) is 12.7. The van der Waals surface area contributed by atoms with Crippen molar-refractivity contribution in [3.63, 3.8) is 0 Å². The van der Waals surface area contributed by atoms with Gasteiger partial charge >= 0.3 is 12.1 Å². The maximum absolute atomic E-state index is 12.9. The summed E-state index contributed by atoms with van der Waals surface area (Å²) in [5.41, 5.74) is -1.42. The van der Waals surface area contributed by atoms with Gasteiger partial charge in [-0.2, -0.15) is 13.2 Å². The number of aliphatic carboxylic acids is 1. The van der Waals surface area contributed by atoms with Crippen molar-refractivity contribution in [2.75, 3.05) is 19.7 Å². The number of morpholine rings is 1. The van der Waals surface area contributed by atoms with Crippen molar-refractivity contribution < 1.29 is 32.6 Å². The normalized spacial score (nSPS) is 23.0. The zero-order valence-corrected chi connectivity index (χ0v) is 12.7. The van der Waals surface area contributed by atoms with E-state index in [4.69, 9.17) is 9.84 Å². The molecule has 2 aliphatic rings. The summed E-state index contributed by atoms with van der Waals surface area (Å²) < 4.78 is 43.8. The van der Waals surface area contributed by atoms with Gasteiger partial charge in [-0.25, -0.2) is 4.79 Å². The number of carbonyl (C=O) groups excluding carboxylic acids is 1. The molecule has 8 heteroatoms. The number of hydrogen-bond acceptors (Lipinski definition) is 3. The molecule has 1 amide bonds. The van der Waals surface area contributed by atoms with Crippen LogP contribution >= 0.6 is 0 Å². The van der Waals surface area contributed by atoms with E-state index in [0.717, 1.165) is 12.1 Å². The largest absolute Gasteiger partial charge is 0.479 e. The Morgan fingerprint density at radius 2 is 2.00 bits per heavy atom. The van der Waals surface area contributed by atoms with Gasteiger partial charge in [-0.05, 0) is 24.5 Å². The highest BCUT2D eigenvalue weighted by atomic mass is 19.4. The molecule has 1 unspecified atom stereocenters. The van der Waals surface area contributed by atoms with Gasteiger partial charge in [0, 0.05) is 6.54 Å². The molecule has 3 rings (SSSR count). The summed E-state index contributed by atoms with van der Waals surface area (Å²) in [6, 6.07) is 4.80. The van der Waals surface area contributed by atoms with E-state index in [1.165, 1.54) is 17.0 Å². The third-order valence-corrected chi connectivity index (χ3v) is 4.53. The second kappa shape index (κ2) is 5.77. The Morgan fingerprint density at radius 1 is 1.29 bits per heavy atom. The summed E-state index contributed by atoms with van der Waals surface area (Å²) in [6.07, 6.45) is -4.65. The van der Waals surface area contributed by atoms with Crippen LogP contribution in [0.5, 0.6) is 0 Å². The molecular weight excluding hydrogens is 327 g/mol. The van der Waals surface area contributed by atoms with Gasteiger partial charge in [-0.15, -0.1) is 0 Å². The Balaban J connectivity index is 1.83. The Hall–Kier alpha value is -2.09. The maximum Gasteiger partial charge on any atom is 0.416 e. The van der Waals surface area contributed by atoms with Crippen LogP contribution in [0, 0.1) is 0 Å². The van der Waals surface area contributed by atoms with Crippen LogP contribution in [0.25, 0.3) is 0 Å². The van der Waals surface area contributed by atoms with E-state index in [0.29, 0.717) is 18.4 Å². The van der Waals surface area contributed by atoms with Crippen molar-refractivity contribution in [3.8, 4) is 0 Å². The van der Waals surface area contributed by atoms with Crippen LogP contribution in [-0.4, -0.2) is 47.7 Å². The number of carbonyl (C=O) groups is 2. The molecule has 2 fully saturated rings. The molecule has 1 atom stereocenters. The molecule has 5 nitrogen and oxygen atoms in total. The number of ether oxygens (including phenoxy) is 1. The fourth-order valence-corrected chi connectivity index (χ4v) is 3.03. The van der Waals surface area contributed by atoms with E-state index in [1.54, 1.807) is 0 Å². The number of carboxylic acid groups (broad SMARTS) is 1. The summed E-state index contributed by atoms with van der Waals surface area (Å²) in [4.78, 5) is 25.2. The highest BCUT2D eigenvalue weighted by molar-refractivity contribution is 5.92. The van der Waals surface area contributed by atoms with E-state index >= 15 is 0 Å². The number of hydrogen-bond donors (Lipinski definition) is 1. The first-order valence-electron chi connectivity index (χ1n) is 7.55. The number of amides is 1. The van der Waals surface area contributed by atoms with Gasteiger partial charge in [0.25, 0.3) is 0 Å². The molecule has 1 aliphatic carbocycles. The fourth-order valence-electron chi connectivity index (χ4n) is 3.03. The summed E-state index contributed by atoms with van der Waals surface area (Å²) in [6.45, 7) is 0.250. The third-order valence-electron chi connectivity index (χ3n) is 4.53. The van der Waals surface area contributed by atoms with Gasteiger partial charge in [0.15, 0.2) is 6.10 Å². The lowest BCUT2D eigenvalue weighted by Crippen LogP contribution is -2.51. The van der Waals surface area contributed by atoms with Crippen LogP contribution in [0.2, 0.25) is 0 Å². The van der Waals surface area contributed by atoms with Crippen LogP contribution in [0.15, 0.2) is 24.3 Å². The molecule has 130 valence electrons. The van der Waals surface area contributed by atoms with E-state index in [-0.39, 0.29) is 25.6 Å². The molecule has 1 aromatic rings. The van der Waals surface area contributed by atoms with E-state index in [1.807, 2.05) is 0 Å². The summed E-state index contributed by atoms with van der Waals surface area (Å²) >= 11 is 0. The standard InChI is InChI=1S/C16H16F3NO4/c17-16(18,19)11-3-1-2-10(8-11)15(4-5-15)14(23)20-6-7-24-12(9-20)13(21)22/h1-3,8,12H,4-7,9H2,(H,21,22). The first-order valence-corrected chi connectivity index (χ1v) is 7.55. The average Bonchev–Trinajstić information content (AvgIpc) is 3.35. The first-order chi connectivity index (χ1) is 11.2. The van der Waals surface area contributed by atoms with Gasteiger partial charge in [-0.1, -0.05) is 18.2 Å². The highest BCUT2D eigenvalue weighted by Crippen LogP contribution is 2.50. The number of alkyl halides is 3. The molecule has 1 N–H and O–H groups in total. The molecule has 24 heavy (non-hydrogen) atoms. The Kier molecular flexibility index (Phi) is 4.03. The minimum absolute atomic E-state index is 0.0884. The average molecular weight is 343 g/mol. The van der Waals surface area contributed by atoms with Crippen LogP contribution in [0.3, 0.4) is 0 Å². The van der Waals surface area contributed by atoms with Gasteiger partial charge < -0.3 is 14.7 Å².